The van der Waals surface area contributed by atoms with Crippen LogP contribution in [0.25, 0.3) is 0 Å². The molecule has 0 amide bonds. The van der Waals surface area contributed by atoms with Gasteiger partial charge in [-0.1, -0.05) is 23.7 Å². The van der Waals surface area contributed by atoms with Crippen LogP contribution in [0, 0.1) is 0 Å². The molecule has 2 aromatic rings. The van der Waals surface area contributed by atoms with Crippen molar-refractivity contribution in [2.75, 3.05) is 31.7 Å². The number of ether oxygens (including phenoxy) is 1. The number of nitrogen functional groups attached to an aromatic ring is 1. The number of hydrogen-bond donors (Lipinski definition) is 1. The smallest absolute Gasteiger partial charge is 0.145 e. The Morgan fingerprint density at radius 3 is 2.56 bits per heavy atom. The lowest BCUT2D eigenvalue weighted by Gasteiger charge is -2.42. The highest BCUT2D eigenvalue weighted by atomic mass is 35.5. The summed E-state index contributed by atoms with van der Waals surface area (Å²) in [5.74, 6) is 0. The fourth-order valence-electron chi connectivity index (χ4n) is 3.67. The van der Waals surface area contributed by atoms with Gasteiger partial charge in [-0.05, 0) is 55.0 Å². The van der Waals surface area contributed by atoms with Gasteiger partial charge < -0.3 is 15.3 Å². The summed E-state index contributed by atoms with van der Waals surface area (Å²) in [7, 11) is 0. The zero-order valence-corrected chi connectivity index (χ0v) is 17.1. The summed E-state index contributed by atoms with van der Waals surface area (Å²) in [4.78, 5) is 14.6. The van der Waals surface area contributed by atoms with Crippen LogP contribution in [0.1, 0.15) is 24.0 Å². The molecule has 1 saturated heterocycles. The summed E-state index contributed by atoms with van der Waals surface area (Å²) >= 11 is 7.95. The number of carbonyl (C=O) groups is 1. The number of halogens is 1. The third kappa shape index (κ3) is 4.85. The van der Waals surface area contributed by atoms with Gasteiger partial charge in [-0.2, -0.15) is 0 Å². The normalized spacial score (nSPS) is 17.0. The summed E-state index contributed by atoms with van der Waals surface area (Å²) in [6, 6.07) is 14.2. The molecule has 0 spiro atoms. The van der Waals surface area contributed by atoms with Crippen molar-refractivity contribution in [3.05, 3.63) is 58.6 Å². The average Bonchev–Trinajstić information content (AvgIpc) is 2.70. The Bertz CT molecular complexity index is 774. The van der Waals surface area contributed by atoms with Gasteiger partial charge in [0.15, 0.2) is 0 Å². The Balaban J connectivity index is 1.73. The summed E-state index contributed by atoms with van der Waals surface area (Å²) < 4.78 is 6.03. The number of likely N-dealkylation sites (tertiary alicyclic amines) is 1. The molecule has 2 aromatic carbocycles. The monoisotopic (exact) mass is 404 g/mol. The molecular formula is C21H25ClN2O2S. The maximum atomic E-state index is 10.9. The molecule has 0 saturated carbocycles. The Labute approximate surface area is 170 Å². The van der Waals surface area contributed by atoms with Crippen LogP contribution in [-0.4, -0.2) is 37.1 Å². The Hall–Kier alpha value is -1.53. The van der Waals surface area contributed by atoms with Crippen molar-refractivity contribution < 1.29 is 9.53 Å². The van der Waals surface area contributed by atoms with Crippen LogP contribution in [0.2, 0.25) is 5.02 Å². The molecule has 144 valence electrons. The molecule has 0 aliphatic carbocycles. The van der Waals surface area contributed by atoms with Gasteiger partial charge in [0.2, 0.25) is 0 Å². The van der Waals surface area contributed by atoms with Crippen LogP contribution in [-0.2, 0) is 21.7 Å². The Morgan fingerprint density at radius 1 is 1.22 bits per heavy atom. The molecule has 0 unspecified atom stereocenters. The molecule has 1 aliphatic rings. The SMILES string of the molecule is CSc1ccc(CN2CCC(OCC=O)(c3cc(Cl)ccc3N)CC2)cc1. The fourth-order valence-corrected chi connectivity index (χ4v) is 4.25. The molecule has 4 nitrogen and oxygen atoms in total. The van der Waals surface area contributed by atoms with Crippen molar-refractivity contribution in [2.24, 2.45) is 0 Å². The van der Waals surface area contributed by atoms with Gasteiger partial charge in [0.25, 0.3) is 0 Å². The summed E-state index contributed by atoms with van der Waals surface area (Å²) in [6.45, 7) is 2.70. The van der Waals surface area contributed by atoms with Crippen LogP contribution in [0.15, 0.2) is 47.4 Å². The fraction of sp³-hybridized carbons (Fsp3) is 0.381. The zero-order valence-electron chi connectivity index (χ0n) is 15.5. The van der Waals surface area contributed by atoms with Crippen LogP contribution in [0.5, 0.6) is 0 Å². The molecule has 1 aliphatic heterocycles. The Kier molecular flexibility index (Phi) is 6.82. The predicted molar refractivity (Wildman–Crippen MR) is 112 cm³/mol. The van der Waals surface area contributed by atoms with Gasteiger partial charge in [-0.25, -0.2) is 0 Å². The second-order valence-corrected chi connectivity index (χ2v) is 8.14. The van der Waals surface area contributed by atoms with Crippen molar-refractivity contribution in [1.29, 1.82) is 0 Å². The quantitative estimate of drug-likeness (QED) is 0.422. The van der Waals surface area contributed by atoms with Crippen LogP contribution >= 0.6 is 23.4 Å². The van der Waals surface area contributed by atoms with Gasteiger partial charge in [0.05, 0.1) is 5.60 Å². The van der Waals surface area contributed by atoms with Crippen molar-refractivity contribution in [3.8, 4) is 0 Å². The van der Waals surface area contributed by atoms with E-state index in [1.807, 2.05) is 12.1 Å². The van der Waals surface area contributed by atoms with Gasteiger partial charge >= 0.3 is 0 Å². The number of piperidine rings is 1. The lowest BCUT2D eigenvalue weighted by atomic mass is 9.83. The van der Waals surface area contributed by atoms with E-state index >= 15 is 0 Å². The minimum Gasteiger partial charge on any atom is -0.398 e. The van der Waals surface area contributed by atoms with E-state index in [2.05, 4.69) is 35.4 Å². The number of carbonyl (C=O) groups excluding carboxylic acids is 1. The van der Waals surface area contributed by atoms with E-state index in [0.717, 1.165) is 44.3 Å². The zero-order chi connectivity index (χ0) is 19.3. The second kappa shape index (κ2) is 9.11. The first-order valence-electron chi connectivity index (χ1n) is 9.05. The number of benzene rings is 2. The number of thioether (sulfide) groups is 1. The number of aldehydes is 1. The highest BCUT2D eigenvalue weighted by Crippen LogP contribution is 2.40. The molecule has 27 heavy (non-hydrogen) atoms. The van der Waals surface area contributed by atoms with Crippen molar-refractivity contribution in [3.63, 3.8) is 0 Å². The van der Waals surface area contributed by atoms with Gasteiger partial charge in [0, 0.05) is 40.8 Å². The van der Waals surface area contributed by atoms with E-state index in [1.165, 1.54) is 10.5 Å². The molecule has 0 aromatic heterocycles. The van der Waals surface area contributed by atoms with E-state index in [9.17, 15) is 4.79 Å². The number of hydrogen-bond acceptors (Lipinski definition) is 5. The van der Waals surface area contributed by atoms with Gasteiger partial charge in [0.1, 0.15) is 12.9 Å². The van der Waals surface area contributed by atoms with Gasteiger partial charge in [-0.3, -0.25) is 4.90 Å². The second-order valence-electron chi connectivity index (χ2n) is 6.83. The highest BCUT2D eigenvalue weighted by Gasteiger charge is 2.38. The highest BCUT2D eigenvalue weighted by molar-refractivity contribution is 7.98. The number of nitrogens with zero attached hydrogens (tertiary/aromatic N) is 1. The largest absolute Gasteiger partial charge is 0.398 e. The van der Waals surface area contributed by atoms with Gasteiger partial charge in [-0.15, -0.1) is 11.8 Å². The van der Waals surface area contributed by atoms with Crippen molar-refractivity contribution in [1.82, 2.24) is 4.90 Å². The molecule has 0 bridgehead atoms. The lowest BCUT2D eigenvalue weighted by Crippen LogP contribution is -2.44. The molecule has 2 N–H and O–H groups in total. The molecule has 0 atom stereocenters. The number of nitrogens with two attached hydrogens (primary N) is 1. The standard InChI is InChI=1S/C21H25ClN2O2S/c1-27-18-5-2-16(3-6-18)15-24-10-8-21(9-11-24,26-13-12-25)19-14-17(22)4-7-20(19)23/h2-7,12,14H,8-11,13,15,23H2,1H3. The average molecular weight is 405 g/mol. The minimum atomic E-state index is -0.560. The van der Waals surface area contributed by atoms with Crippen LogP contribution in [0.4, 0.5) is 5.69 Å². The predicted octanol–water partition coefficient (Wildman–Crippen LogP) is 4.35. The summed E-state index contributed by atoms with van der Waals surface area (Å²) in [5, 5.41) is 0.629. The third-order valence-corrected chi connectivity index (χ3v) is 6.14. The first kappa shape index (κ1) is 20.2. The Morgan fingerprint density at radius 2 is 1.93 bits per heavy atom. The first-order chi connectivity index (χ1) is 13.1. The number of anilines is 1. The molecular weight excluding hydrogens is 380 g/mol. The topological polar surface area (TPSA) is 55.6 Å². The van der Waals surface area contributed by atoms with E-state index in [1.54, 1.807) is 17.8 Å². The first-order valence-corrected chi connectivity index (χ1v) is 10.6. The minimum absolute atomic E-state index is 0.0576. The summed E-state index contributed by atoms with van der Waals surface area (Å²) in [5.41, 5.74) is 8.51. The molecule has 3 rings (SSSR count). The molecule has 1 fully saturated rings. The van der Waals surface area contributed by atoms with Crippen molar-refractivity contribution >= 4 is 35.3 Å². The van der Waals surface area contributed by atoms with E-state index < -0.39 is 5.60 Å². The third-order valence-electron chi connectivity index (χ3n) is 5.16. The maximum Gasteiger partial charge on any atom is 0.145 e. The van der Waals surface area contributed by atoms with E-state index in [-0.39, 0.29) is 6.61 Å². The number of rotatable bonds is 7. The lowest BCUT2D eigenvalue weighted by molar-refractivity contribution is -0.126. The van der Waals surface area contributed by atoms with Crippen LogP contribution < -0.4 is 5.73 Å². The molecule has 1 heterocycles. The van der Waals surface area contributed by atoms with E-state index in [0.29, 0.717) is 10.7 Å². The van der Waals surface area contributed by atoms with Crippen molar-refractivity contribution in [2.45, 2.75) is 29.9 Å². The van der Waals surface area contributed by atoms with Crippen LogP contribution in [0.3, 0.4) is 0 Å². The van der Waals surface area contributed by atoms with E-state index in [4.69, 9.17) is 22.1 Å². The molecule has 6 heteroatoms. The molecule has 0 radical (unpaired) electrons. The maximum absolute atomic E-state index is 10.9. The summed E-state index contributed by atoms with van der Waals surface area (Å²) in [6.07, 6.45) is 4.42.